The van der Waals surface area contributed by atoms with Crippen LogP contribution in [0.15, 0.2) is 0 Å². The Kier molecular flexibility index (Phi) is 4.99. The molecule has 0 saturated carbocycles. The van der Waals surface area contributed by atoms with Gasteiger partial charge in [0, 0.05) is 12.4 Å². The Morgan fingerprint density at radius 3 is 3.18 bits per heavy atom. The average molecular weight is 176 g/mol. The largest absolute Gasteiger partial charge is 0.378 e. The fourth-order valence-corrected chi connectivity index (χ4v) is 1.42. The van der Waals surface area contributed by atoms with Gasteiger partial charge < -0.3 is 9.47 Å². The summed E-state index contributed by atoms with van der Waals surface area (Å²) < 4.78 is 10.8. The maximum absolute atomic E-state index is 5.41. The van der Waals surface area contributed by atoms with E-state index in [0.29, 0.717) is 6.10 Å². The van der Waals surface area contributed by atoms with E-state index in [1.165, 1.54) is 12.8 Å². The molecule has 1 rings (SSSR count). The van der Waals surface area contributed by atoms with Crippen molar-refractivity contribution in [2.75, 3.05) is 31.8 Å². The molecule has 11 heavy (non-hydrogen) atoms. The van der Waals surface area contributed by atoms with Crippen LogP contribution in [-0.4, -0.2) is 37.9 Å². The van der Waals surface area contributed by atoms with Gasteiger partial charge in [-0.05, 0) is 19.1 Å². The Bertz CT molecular complexity index is 92.1. The molecule has 66 valence electrons. The molecule has 0 aliphatic carbocycles. The van der Waals surface area contributed by atoms with Crippen molar-refractivity contribution in [2.45, 2.75) is 18.9 Å². The van der Waals surface area contributed by atoms with Gasteiger partial charge in [0.15, 0.2) is 0 Å². The maximum atomic E-state index is 5.41. The highest BCUT2D eigenvalue weighted by atomic mass is 32.2. The second-order valence-electron chi connectivity index (χ2n) is 2.70. The summed E-state index contributed by atoms with van der Waals surface area (Å²) in [5.41, 5.74) is 0. The summed E-state index contributed by atoms with van der Waals surface area (Å²) in [4.78, 5) is 0. The minimum absolute atomic E-state index is 0.386. The van der Waals surface area contributed by atoms with Gasteiger partial charge in [-0.15, -0.1) is 0 Å². The lowest BCUT2D eigenvalue weighted by molar-refractivity contribution is 0.0226. The molecule has 0 N–H and O–H groups in total. The molecule has 0 aromatic rings. The molecule has 0 radical (unpaired) electrons. The van der Waals surface area contributed by atoms with Gasteiger partial charge in [-0.25, -0.2) is 0 Å². The van der Waals surface area contributed by atoms with Crippen LogP contribution in [0.25, 0.3) is 0 Å². The Labute approximate surface area is 72.6 Å². The topological polar surface area (TPSA) is 18.5 Å². The van der Waals surface area contributed by atoms with E-state index in [9.17, 15) is 0 Å². The van der Waals surface area contributed by atoms with Crippen molar-refractivity contribution in [3.8, 4) is 0 Å². The molecule has 0 aromatic carbocycles. The first kappa shape index (κ1) is 9.36. The number of thioether (sulfide) groups is 1. The van der Waals surface area contributed by atoms with E-state index in [4.69, 9.17) is 9.47 Å². The third-order valence-corrected chi connectivity index (χ3v) is 2.33. The minimum atomic E-state index is 0.386. The lowest BCUT2D eigenvalue weighted by Gasteiger charge is -2.08. The van der Waals surface area contributed by atoms with Crippen LogP contribution in [0.5, 0.6) is 0 Å². The quantitative estimate of drug-likeness (QED) is 0.592. The average Bonchev–Trinajstić information content (AvgIpc) is 2.50. The Hall–Kier alpha value is 0.270. The molecule has 1 atom stereocenters. The maximum Gasteiger partial charge on any atom is 0.0809 e. The standard InChI is InChI=1S/C8H16O2S/c1-11-6-5-9-7-8-3-2-4-10-8/h8H,2-7H2,1H3. The highest BCUT2D eigenvalue weighted by Gasteiger charge is 2.14. The van der Waals surface area contributed by atoms with Crippen molar-refractivity contribution in [3.05, 3.63) is 0 Å². The number of rotatable bonds is 5. The van der Waals surface area contributed by atoms with Crippen molar-refractivity contribution >= 4 is 11.8 Å². The summed E-state index contributed by atoms with van der Waals surface area (Å²) in [7, 11) is 0. The molecule has 0 bridgehead atoms. The van der Waals surface area contributed by atoms with E-state index >= 15 is 0 Å². The SMILES string of the molecule is CSCCOCC1CCCO1. The Balaban J connectivity index is 1.86. The van der Waals surface area contributed by atoms with Crippen LogP contribution in [-0.2, 0) is 9.47 Å². The molecule has 0 spiro atoms. The molecule has 1 heterocycles. The molecule has 1 unspecified atom stereocenters. The summed E-state index contributed by atoms with van der Waals surface area (Å²) in [6.45, 7) is 2.58. The highest BCUT2D eigenvalue weighted by molar-refractivity contribution is 7.98. The van der Waals surface area contributed by atoms with Gasteiger partial charge in [-0.3, -0.25) is 0 Å². The molecule has 0 aromatic heterocycles. The first-order valence-electron chi connectivity index (χ1n) is 4.12. The van der Waals surface area contributed by atoms with Crippen LogP contribution in [0.4, 0.5) is 0 Å². The monoisotopic (exact) mass is 176 g/mol. The Morgan fingerprint density at radius 1 is 1.64 bits per heavy atom. The van der Waals surface area contributed by atoms with E-state index in [1.807, 2.05) is 11.8 Å². The van der Waals surface area contributed by atoms with Crippen LogP contribution >= 0.6 is 11.8 Å². The predicted molar refractivity (Wildman–Crippen MR) is 48.2 cm³/mol. The zero-order valence-electron chi connectivity index (χ0n) is 7.04. The van der Waals surface area contributed by atoms with Crippen LogP contribution in [0, 0.1) is 0 Å². The van der Waals surface area contributed by atoms with Gasteiger partial charge in [0.1, 0.15) is 0 Å². The third-order valence-electron chi connectivity index (χ3n) is 1.76. The lowest BCUT2D eigenvalue weighted by atomic mass is 10.2. The number of ether oxygens (including phenoxy) is 2. The van der Waals surface area contributed by atoms with Gasteiger partial charge in [-0.1, -0.05) is 0 Å². The summed E-state index contributed by atoms with van der Waals surface area (Å²) in [5, 5.41) is 0. The summed E-state index contributed by atoms with van der Waals surface area (Å²) >= 11 is 1.82. The molecular weight excluding hydrogens is 160 g/mol. The predicted octanol–water partition coefficient (Wildman–Crippen LogP) is 1.54. The van der Waals surface area contributed by atoms with E-state index in [-0.39, 0.29) is 0 Å². The normalized spacial score (nSPS) is 24.3. The molecular formula is C8H16O2S. The van der Waals surface area contributed by atoms with Gasteiger partial charge in [0.25, 0.3) is 0 Å². The first-order chi connectivity index (χ1) is 5.43. The molecule has 1 aliphatic rings. The van der Waals surface area contributed by atoms with E-state index < -0.39 is 0 Å². The van der Waals surface area contributed by atoms with Crippen molar-refractivity contribution in [3.63, 3.8) is 0 Å². The van der Waals surface area contributed by atoms with Crippen molar-refractivity contribution in [1.29, 1.82) is 0 Å². The molecule has 3 heteroatoms. The van der Waals surface area contributed by atoms with E-state index in [1.54, 1.807) is 0 Å². The van der Waals surface area contributed by atoms with Crippen molar-refractivity contribution in [1.82, 2.24) is 0 Å². The van der Waals surface area contributed by atoms with E-state index in [0.717, 1.165) is 25.6 Å². The van der Waals surface area contributed by atoms with Crippen molar-refractivity contribution < 1.29 is 9.47 Å². The zero-order chi connectivity index (χ0) is 7.94. The van der Waals surface area contributed by atoms with Gasteiger partial charge in [0.05, 0.1) is 19.3 Å². The number of hydrogen-bond acceptors (Lipinski definition) is 3. The zero-order valence-corrected chi connectivity index (χ0v) is 7.86. The molecule has 1 aliphatic heterocycles. The van der Waals surface area contributed by atoms with Gasteiger partial charge in [-0.2, -0.15) is 11.8 Å². The molecule has 1 saturated heterocycles. The van der Waals surface area contributed by atoms with Gasteiger partial charge in [0.2, 0.25) is 0 Å². The van der Waals surface area contributed by atoms with Crippen LogP contribution in [0.1, 0.15) is 12.8 Å². The fourth-order valence-electron chi connectivity index (χ4n) is 1.13. The fraction of sp³-hybridized carbons (Fsp3) is 1.00. The third kappa shape index (κ3) is 3.99. The number of hydrogen-bond donors (Lipinski definition) is 0. The van der Waals surface area contributed by atoms with Crippen LogP contribution < -0.4 is 0 Å². The summed E-state index contributed by atoms with van der Waals surface area (Å²) in [6, 6.07) is 0. The van der Waals surface area contributed by atoms with Crippen molar-refractivity contribution in [2.24, 2.45) is 0 Å². The summed E-state index contributed by atoms with van der Waals surface area (Å²) in [5.74, 6) is 1.09. The smallest absolute Gasteiger partial charge is 0.0809 e. The van der Waals surface area contributed by atoms with Gasteiger partial charge >= 0.3 is 0 Å². The lowest BCUT2D eigenvalue weighted by Crippen LogP contribution is -2.14. The highest BCUT2D eigenvalue weighted by Crippen LogP contribution is 2.11. The second-order valence-corrected chi connectivity index (χ2v) is 3.69. The minimum Gasteiger partial charge on any atom is -0.378 e. The van der Waals surface area contributed by atoms with E-state index in [2.05, 4.69) is 6.26 Å². The molecule has 2 nitrogen and oxygen atoms in total. The van der Waals surface area contributed by atoms with Crippen LogP contribution in [0.2, 0.25) is 0 Å². The van der Waals surface area contributed by atoms with Crippen LogP contribution in [0.3, 0.4) is 0 Å². The summed E-state index contributed by atoms with van der Waals surface area (Å²) in [6.07, 6.45) is 4.86. The molecule has 1 fully saturated rings. The second kappa shape index (κ2) is 5.86. The molecule has 0 amide bonds. The first-order valence-corrected chi connectivity index (χ1v) is 5.51. The Morgan fingerprint density at radius 2 is 2.55 bits per heavy atom.